The van der Waals surface area contributed by atoms with Crippen molar-refractivity contribution in [2.45, 2.75) is 6.42 Å². The van der Waals surface area contributed by atoms with Gasteiger partial charge >= 0.3 is 0 Å². The van der Waals surface area contributed by atoms with E-state index in [0.29, 0.717) is 5.56 Å². The number of hydrogen-bond donors (Lipinski definition) is 2. The van der Waals surface area contributed by atoms with Gasteiger partial charge in [0.1, 0.15) is 0 Å². The van der Waals surface area contributed by atoms with Crippen molar-refractivity contribution in [1.82, 2.24) is 10.9 Å². The second kappa shape index (κ2) is 7.04. The molecule has 0 atom stereocenters. The van der Waals surface area contributed by atoms with Crippen LogP contribution in [-0.2, 0) is 11.2 Å². The van der Waals surface area contributed by atoms with Gasteiger partial charge in [0.2, 0.25) is 5.91 Å². The molecule has 2 amide bonds. The molecule has 2 N–H and O–H groups in total. The molecule has 0 heterocycles. The van der Waals surface area contributed by atoms with E-state index in [2.05, 4.69) is 33.4 Å². The molecule has 0 bridgehead atoms. The van der Waals surface area contributed by atoms with Crippen molar-refractivity contribution in [2.24, 2.45) is 0 Å². The van der Waals surface area contributed by atoms with E-state index in [0.717, 1.165) is 9.13 Å². The Morgan fingerprint density at radius 3 is 2.40 bits per heavy atom. The summed E-state index contributed by atoms with van der Waals surface area (Å²) in [4.78, 5) is 23.5. The second-order valence-corrected chi connectivity index (χ2v) is 5.42. The third kappa shape index (κ3) is 4.34. The lowest BCUT2D eigenvalue weighted by molar-refractivity contribution is -0.121. The third-order valence-electron chi connectivity index (χ3n) is 2.61. The van der Waals surface area contributed by atoms with Gasteiger partial charge in [-0.2, -0.15) is 0 Å². The van der Waals surface area contributed by atoms with Crippen LogP contribution in [0.4, 0.5) is 0 Å². The Morgan fingerprint density at radius 1 is 0.950 bits per heavy atom. The summed E-state index contributed by atoms with van der Waals surface area (Å²) in [6, 6.07) is 16.5. The van der Waals surface area contributed by atoms with Crippen molar-refractivity contribution in [3.05, 3.63) is 69.3 Å². The van der Waals surface area contributed by atoms with E-state index in [1.165, 1.54) is 0 Å². The standard InChI is InChI=1S/C15H13IN2O2/c16-13-8-4-7-12(10-13)15(20)18-17-14(19)9-11-5-2-1-3-6-11/h1-8,10H,9H2,(H,17,19)(H,18,20). The molecule has 0 aliphatic carbocycles. The molecule has 4 nitrogen and oxygen atoms in total. The van der Waals surface area contributed by atoms with E-state index in [4.69, 9.17) is 0 Å². The average molecular weight is 380 g/mol. The molecule has 0 unspecified atom stereocenters. The average Bonchev–Trinajstić information content (AvgIpc) is 2.46. The summed E-state index contributed by atoms with van der Waals surface area (Å²) < 4.78 is 0.964. The predicted octanol–water partition coefficient (Wildman–Crippen LogP) is 2.29. The van der Waals surface area contributed by atoms with Crippen LogP contribution in [0.15, 0.2) is 54.6 Å². The van der Waals surface area contributed by atoms with Crippen molar-refractivity contribution < 1.29 is 9.59 Å². The van der Waals surface area contributed by atoms with Gasteiger partial charge in [0.15, 0.2) is 0 Å². The van der Waals surface area contributed by atoms with Crippen LogP contribution >= 0.6 is 22.6 Å². The molecule has 2 rings (SSSR count). The van der Waals surface area contributed by atoms with Gasteiger partial charge < -0.3 is 0 Å². The number of carbonyl (C=O) groups excluding carboxylic acids is 2. The Hall–Kier alpha value is -1.89. The van der Waals surface area contributed by atoms with E-state index in [9.17, 15) is 9.59 Å². The Balaban J connectivity index is 1.86. The van der Waals surface area contributed by atoms with Crippen LogP contribution in [0.25, 0.3) is 0 Å². The van der Waals surface area contributed by atoms with Crippen LogP contribution in [0.1, 0.15) is 15.9 Å². The fraction of sp³-hybridized carbons (Fsp3) is 0.0667. The zero-order chi connectivity index (χ0) is 14.4. The van der Waals surface area contributed by atoms with Gasteiger partial charge in [-0.15, -0.1) is 0 Å². The minimum atomic E-state index is -0.329. The minimum Gasteiger partial charge on any atom is -0.273 e. The van der Waals surface area contributed by atoms with Gasteiger partial charge in [-0.1, -0.05) is 36.4 Å². The summed E-state index contributed by atoms with van der Waals surface area (Å²) in [5.74, 6) is -0.583. The topological polar surface area (TPSA) is 58.2 Å². The van der Waals surface area contributed by atoms with E-state index < -0.39 is 0 Å². The van der Waals surface area contributed by atoms with Gasteiger partial charge in [0, 0.05) is 9.13 Å². The summed E-state index contributed by atoms with van der Waals surface area (Å²) in [7, 11) is 0. The number of hydrogen-bond acceptors (Lipinski definition) is 2. The smallest absolute Gasteiger partial charge is 0.269 e. The van der Waals surface area contributed by atoms with E-state index in [1.807, 2.05) is 36.4 Å². The molecule has 0 aromatic heterocycles. The highest BCUT2D eigenvalue weighted by Gasteiger charge is 2.07. The number of nitrogens with one attached hydrogen (secondary N) is 2. The lowest BCUT2D eigenvalue weighted by Gasteiger charge is -2.07. The van der Waals surface area contributed by atoms with Crippen LogP contribution in [-0.4, -0.2) is 11.8 Å². The van der Waals surface area contributed by atoms with Crippen LogP contribution < -0.4 is 10.9 Å². The van der Waals surface area contributed by atoms with Crippen LogP contribution in [0.5, 0.6) is 0 Å². The molecule has 20 heavy (non-hydrogen) atoms. The first-order valence-corrected chi connectivity index (χ1v) is 7.12. The molecule has 102 valence electrons. The monoisotopic (exact) mass is 380 g/mol. The number of rotatable bonds is 3. The van der Waals surface area contributed by atoms with Crippen LogP contribution in [0.2, 0.25) is 0 Å². The highest BCUT2D eigenvalue weighted by Crippen LogP contribution is 2.07. The summed E-state index contributed by atoms with van der Waals surface area (Å²) in [5, 5.41) is 0. The normalized spacial score (nSPS) is 9.85. The zero-order valence-electron chi connectivity index (χ0n) is 10.6. The molecule has 5 heteroatoms. The summed E-state index contributed by atoms with van der Waals surface area (Å²) in [6.07, 6.45) is 0.230. The molecule has 0 radical (unpaired) electrons. The summed E-state index contributed by atoms with van der Waals surface area (Å²) in [6.45, 7) is 0. The van der Waals surface area contributed by atoms with Gasteiger partial charge in [-0.3, -0.25) is 20.4 Å². The predicted molar refractivity (Wildman–Crippen MR) is 84.9 cm³/mol. The minimum absolute atomic E-state index is 0.230. The first-order valence-electron chi connectivity index (χ1n) is 6.04. The van der Waals surface area contributed by atoms with Crippen molar-refractivity contribution in [2.75, 3.05) is 0 Å². The quantitative estimate of drug-likeness (QED) is 0.634. The molecule has 2 aromatic carbocycles. The van der Waals surface area contributed by atoms with Crippen LogP contribution in [0.3, 0.4) is 0 Å². The number of hydrazine groups is 1. The van der Waals surface area contributed by atoms with E-state index in [1.54, 1.807) is 18.2 Å². The molecule has 2 aromatic rings. The van der Waals surface area contributed by atoms with Gasteiger partial charge in [0.05, 0.1) is 6.42 Å². The first-order chi connectivity index (χ1) is 9.65. The zero-order valence-corrected chi connectivity index (χ0v) is 12.8. The highest BCUT2D eigenvalue weighted by molar-refractivity contribution is 14.1. The molecular formula is C15H13IN2O2. The molecule has 0 fully saturated rings. The highest BCUT2D eigenvalue weighted by atomic mass is 127. The van der Waals surface area contributed by atoms with Crippen LogP contribution in [0, 0.1) is 3.57 Å². The SMILES string of the molecule is O=C(Cc1ccccc1)NNC(=O)c1cccc(I)c1. The number of carbonyl (C=O) groups is 2. The molecule has 0 spiro atoms. The lowest BCUT2D eigenvalue weighted by atomic mass is 10.1. The summed E-state index contributed by atoms with van der Waals surface area (Å²) >= 11 is 2.13. The maximum absolute atomic E-state index is 11.8. The van der Waals surface area contributed by atoms with Crippen molar-refractivity contribution in [1.29, 1.82) is 0 Å². The number of amides is 2. The van der Waals surface area contributed by atoms with Gasteiger partial charge in [-0.25, -0.2) is 0 Å². The molecule has 0 aliphatic rings. The first kappa shape index (κ1) is 14.5. The fourth-order valence-electron chi connectivity index (χ4n) is 1.65. The molecule has 0 saturated carbocycles. The second-order valence-electron chi connectivity index (χ2n) is 4.18. The number of halogens is 1. The maximum Gasteiger partial charge on any atom is 0.269 e. The van der Waals surface area contributed by atoms with E-state index in [-0.39, 0.29) is 18.2 Å². The van der Waals surface area contributed by atoms with Crippen molar-refractivity contribution >= 4 is 34.4 Å². The molecule has 0 aliphatic heterocycles. The molecular weight excluding hydrogens is 367 g/mol. The maximum atomic E-state index is 11.8. The Morgan fingerprint density at radius 2 is 1.70 bits per heavy atom. The fourth-order valence-corrected chi connectivity index (χ4v) is 2.20. The van der Waals surface area contributed by atoms with Crippen molar-refractivity contribution in [3.8, 4) is 0 Å². The Labute approximate surface area is 130 Å². The molecule has 0 saturated heterocycles. The van der Waals surface area contributed by atoms with Gasteiger partial charge in [-0.05, 0) is 46.4 Å². The van der Waals surface area contributed by atoms with E-state index >= 15 is 0 Å². The largest absolute Gasteiger partial charge is 0.273 e. The number of benzene rings is 2. The lowest BCUT2D eigenvalue weighted by Crippen LogP contribution is -2.42. The Bertz CT molecular complexity index is 614. The summed E-state index contributed by atoms with van der Waals surface area (Å²) in [5.41, 5.74) is 6.22. The third-order valence-corrected chi connectivity index (χ3v) is 3.28. The van der Waals surface area contributed by atoms with Gasteiger partial charge in [0.25, 0.3) is 5.91 Å². The Kier molecular flexibility index (Phi) is 5.11. The van der Waals surface area contributed by atoms with Crippen molar-refractivity contribution in [3.63, 3.8) is 0 Å².